The van der Waals surface area contributed by atoms with Crippen LogP contribution in [0.1, 0.15) is 69.1 Å². The highest BCUT2D eigenvalue weighted by Crippen LogP contribution is 2.28. The maximum Gasteiger partial charge on any atom is 0.346 e. The maximum atomic E-state index is 11.4. The molecule has 0 fully saturated rings. The van der Waals surface area contributed by atoms with Crippen molar-refractivity contribution >= 4 is 34.6 Å². The van der Waals surface area contributed by atoms with Crippen molar-refractivity contribution < 1.29 is 28.7 Å². The lowest BCUT2D eigenvalue weighted by Gasteiger charge is -2.14. The minimum Gasteiger partial charge on any atom is -0.386 e. The number of benzene rings is 3. The summed E-state index contributed by atoms with van der Waals surface area (Å²) in [6.07, 6.45) is 0. The summed E-state index contributed by atoms with van der Waals surface area (Å²) in [5, 5.41) is 1.58. The van der Waals surface area contributed by atoms with Crippen molar-refractivity contribution in [1.29, 1.82) is 0 Å². The largest absolute Gasteiger partial charge is 0.386 e. The van der Waals surface area contributed by atoms with Crippen molar-refractivity contribution in [2.45, 2.75) is 27.7 Å². The molecule has 3 aromatic carbocycles. The van der Waals surface area contributed by atoms with Crippen LogP contribution < -0.4 is 0 Å². The molecule has 0 saturated carbocycles. The number of carbonyl (C=O) groups is 4. The monoisotopic (exact) mass is 406 g/mol. The van der Waals surface area contributed by atoms with E-state index in [0.717, 1.165) is 5.39 Å². The lowest BCUT2D eigenvalue weighted by atomic mass is 9.97. The molecule has 0 radical (unpaired) electrons. The second kappa shape index (κ2) is 10.1. The Morgan fingerprint density at radius 3 is 1.20 bits per heavy atom. The standard InChI is InChI=1S/C12H6O3.C8H4O3.2C2H6/c13-11-8-5-1-3-7-4-2-6-9(10(7)8)12(14)15-11;9-7-5-3-1-2-4-6(5)8(10)11-7;2*1-2/h1-6H;1-4H;2*1-2H3. The van der Waals surface area contributed by atoms with E-state index >= 15 is 0 Å². The summed E-state index contributed by atoms with van der Waals surface area (Å²) in [6, 6.07) is 17.2. The molecule has 2 heterocycles. The van der Waals surface area contributed by atoms with E-state index in [1.165, 1.54) is 0 Å². The van der Waals surface area contributed by atoms with Crippen LogP contribution in [0.2, 0.25) is 0 Å². The predicted octanol–water partition coefficient (Wildman–Crippen LogP) is 5.20. The first kappa shape index (κ1) is 22.5. The summed E-state index contributed by atoms with van der Waals surface area (Å²) >= 11 is 0. The van der Waals surface area contributed by atoms with Crippen molar-refractivity contribution in [3.8, 4) is 0 Å². The molecule has 2 aliphatic heterocycles. The Morgan fingerprint density at radius 2 is 0.800 bits per heavy atom. The van der Waals surface area contributed by atoms with E-state index in [9.17, 15) is 19.2 Å². The van der Waals surface area contributed by atoms with E-state index in [-0.39, 0.29) is 0 Å². The number of esters is 4. The number of carbonyl (C=O) groups excluding carboxylic acids is 4. The molecule has 0 saturated heterocycles. The van der Waals surface area contributed by atoms with Gasteiger partial charge >= 0.3 is 23.9 Å². The molecular formula is C24H22O6. The minimum absolute atomic E-state index is 0.359. The normalized spacial score (nSPS) is 12.8. The molecule has 0 aliphatic carbocycles. The van der Waals surface area contributed by atoms with Crippen molar-refractivity contribution in [3.63, 3.8) is 0 Å². The quantitative estimate of drug-likeness (QED) is 0.377. The van der Waals surface area contributed by atoms with Crippen LogP contribution in [0.25, 0.3) is 10.8 Å². The van der Waals surface area contributed by atoms with E-state index in [2.05, 4.69) is 9.47 Å². The first-order valence-electron chi connectivity index (χ1n) is 9.70. The number of cyclic esters (lactones) is 4. The highest BCUT2D eigenvalue weighted by molar-refractivity contribution is 6.20. The molecular weight excluding hydrogens is 384 g/mol. The minimum atomic E-state index is -0.565. The van der Waals surface area contributed by atoms with Crippen molar-refractivity contribution in [2.75, 3.05) is 0 Å². The van der Waals surface area contributed by atoms with Gasteiger partial charge in [0.25, 0.3) is 0 Å². The summed E-state index contributed by atoms with van der Waals surface area (Å²) in [7, 11) is 0. The molecule has 0 aromatic heterocycles. The molecule has 0 spiro atoms. The fourth-order valence-electron chi connectivity index (χ4n) is 2.91. The van der Waals surface area contributed by atoms with Gasteiger partial charge in [0.2, 0.25) is 0 Å². The Labute approximate surface area is 174 Å². The number of hydrogen-bond donors (Lipinski definition) is 0. The highest BCUT2D eigenvalue weighted by atomic mass is 16.6. The van der Waals surface area contributed by atoms with E-state index in [4.69, 9.17) is 0 Å². The van der Waals surface area contributed by atoms with Gasteiger partial charge in [0.15, 0.2) is 0 Å². The number of fused-ring (bicyclic) bond motifs is 1. The smallest absolute Gasteiger partial charge is 0.346 e. The number of rotatable bonds is 0. The zero-order valence-corrected chi connectivity index (χ0v) is 17.2. The fraction of sp³-hybridized carbons (Fsp3) is 0.167. The van der Waals surface area contributed by atoms with Crippen LogP contribution in [0.5, 0.6) is 0 Å². The van der Waals surface area contributed by atoms with Gasteiger partial charge in [-0.3, -0.25) is 0 Å². The molecule has 3 aromatic rings. The Kier molecular flexibility index (Phi) is 7.58. The van der Waals surface area contributed by atoms with Crippen LogP contribution >= 0.6 is 0 Å². The Bertz CT molecular complexity index is 1030. The first-order valence-corrected chi connectivity index (χ1v) is 9.70. The first-order chi connectivity index (χ1) is 14.6. The molecule has 6 heteroatoms. The second-order valence-corrected chi connectivity index (χ2v) is 5.61. The van der Waals surface area contributed by atoms with E-state index in [0.29, 0.717) is 27.6 Å². The number of hydrogen-bond acceptors (Lipinski definition) is 6. The van der Waals surface area contributed by atoms with E-state index in [1.54, 1.807) is 48.5 Å². The second-order valence-electron chi connectivity index (χ2n) is 5.61. The molecule has 0 unspecified atom stereocenters. The molecule has 154 valence electrons. The average Bonchev–Trinajstić information content (AvgIpc) is 3.09. The van der Waals surface area contributed by atoms with Gasteiger partial charge in [-0.25, -0.2) is 19.2 Å². The van der Waals surface area contributed by atoms with E-state index in [1.807, 2.05) is 39.8 Å². The van der Waals surface area contributed by atoms with Crippen LogP contribution in [0.3, 0.4) is 0 Å². The lowest BCUT2D eigenvalue weighted by molar-refractivity contribution is 0.0385. The third-order valence-corrected chi connectivity index (χ3v) is 4.08. The lowest BCUT2D eigenvalue weighted by Crippen LogP contribution is -2.19. The third kappa shape index (κ3) is 4.27. The zero-order valence-electron chi connectivity index (χ0n) is 17.2. The summed E-state index contributed by atoms with van der Waals surface area (Å²) in [4.78, 5) is 44.5. The SMILES string of the molecule is CC.CC.O=C1OC(=O)c2cccc3cccc1c23.O=C1OC(=O)c2ccccc21. The molecule has 30 heavy (non-hydrogen) atoms. The van der Waals surface area contributed by atoms with Crippen molar-refractivity contribution in [1.82, 2.24) is 0 Å². The fourth-order valence-corrected chi connectivity index (χ4v) is 2.91. The van der Waals surface area contributed by atoms with Gasteiger partial charge in [0.05, 0.1) is 22.3 Å². The highest BCUT2D eigenvalue weighted by Gasteiger charge is 2.28. The van der Waals surface area contributed by atoms with Crippen LogP contribution in [-0.4, -0.2) is 23.9 Å². The summed E-state index contributed by atoms with van der Waals surface area (Å²) < 4.78 is 8.98. The summed E-state index contributed by atoms with van der Waals surface area (Å²) in [5.74, 6) is -2.23. The average molecular weight is 406 g/mol. The van der Waals surface area contributed by atoms with Crippen molar-refractivity contribution in [2.24, 2.45) is 0 Å². The third-order valence-electron chi connectivity index (χ3n) is 4.08. The zero-order chi connectivity index (χ0) is 22.3. The molecule has 0 N–H and O–H groups in total. The topological polar surface area (TPSA) is 86.7 Å². The molecule has 2 aliphatic rings. The van der Waals surface area contributed by atoms with Crippen molar-refractivity contribution in [3.05, 3.63) is 82.9 Å². The Morgan fingerprint density at radius 1 is 0.467 bits per heavy atom. The predicted molar refractivity (Wildman–Crippen MR) is 113 cm³/mol. The van der Waals surface area contributed by atoms with Crippen LogP contribution in [0.4, 0.5) is 0 Å². The Balaban J connectivity index is 0.000000190. The molecule has 6 nitrogen and oxygen atoms in total. The van der Waals surface area contributed by atoms with Crippen LogP contribution in [0, 0.1) is 0 Å². The molecule has 5 rings (SSSR count). The summed E-state index contributed by atoms with van der Waals surface area (Å²) in [6.45, 7) is 8.00. The summed E-state index contributed by atoms with van der Waals surface area (Å²) in [5.41, 5.74) is 1.64. The van der Waals surface area contributed by atoms with Gasteiger partial charge in [-0.1, -0.05) is 64.1 Å². The van der Waals surface area contributed by atoms with Gasteiger partial charge in [0, 0.05) is 5.39 Å². The van der Waals surface area contributed by atoms with Gasteiger partial charge in [0.1, 0.15) is 0 Å². The Hall–Kier alpha value is -3.80. The van der Waals surface area contributed by atoms with Gasteiger partial charge in [-0.2, -0.15) is 0 Å². The molecule has 0 bridgehead atoms. The van der Waals surface area contributed by atoms with Crippen LogP contribution in [-0.2, 0) is 9.47 Å². The van der Waals surface area contributed by atoms with Crippen LogP contribution in [0.15, 0.2) is 60.7 Å². The molecule has 0 amide bonds. The maximum absolute atomic E-state index is 11.4. The number of ether oxygens (including phenoxy) is 2. The van der Waals surface area contributed by atoms with Gasteiger partial charge in [-0.15, -0.1) is 0 Å². The molecule has 0 atom stereocenters. The van der Waals surface area contributed by atoms with Gasteiger partial charge < -0.3 is 9.47 Å². The van der Waals surface area contributed by atoms with Gasteiger partial charge in [-0.05, 0) is 29.7 Å². The van der Waals surface area contributed by atoms with E-state index < -0.39 is 23.9 Å².